The van der Waals surface area contributed by atoms with Crippen molar-refractivity contribution in [2.24, 2.45) is 5.92 Å². The molecule has 0 amide bonds. The SMILES string of the molecule is CCn1nc(C)cc1CC(O)(CC)C(C)C. The van der Waals surface area contributed by atoms with Gasteiger partial charge in [-0.1, -0.05) is 20.8 Å². The molecule has 0 bridgehead atoms. The zero-order valence-electron chi connectivity index (χ0n) is 11.1. The van der Waals surface area contributed by atoms with Crippen LogP contribution in [0.15, 0.2) is 6.07 Å². The van der Waals surface area contributed by atoms with Crippen molar-refractivity contribution in [3.8, 4) is 0 Å². The van der Waals surface area contributed by atoms with Crippen molar-refractivity contribution in [2.75, 3.05) is 0 Å². The minimum absolute atomic E-state index is 0.262. The molecule has 1 rings (SSSR count). The molecular weight excluding hydrogens is 200 g/mol. The first kappa shape index (κ1) is 13.2. The van der Waals surface area contributed by atoms with E-state index in [4.69, 9.17) is 0 Å². The van der Waals surface area contributed by atoms with Crippen LogP contribution in [0, 0.1) is 12.8 Å². The molecule has 1 N–H and O–H groups in total. The molecule has 16 heavy (non-hydrogen) atoms. The fourth-order valence-electron chi connectivity index (χ4n) is 2.07. The molecule has 0 spiro atoms. The van der Waals surface area contributed by atoms with Crippen molar-refractivity contribution >= 4 is 0 Å². The first-order chi connectivity index (χ1) is 7.42. The fraction of sp³-hybridized carbons (Fsp3) is 0.769. The predicted octanol–water partition coefficient (Wildman–Crippen LogP) is 2.55. The molecule has 1 aromatic rings. The number of aryl methyl sites for hydroxylation is 2. The first-order valence-electron chi connectivity index (χ1n) is 6.18. The zero-order valence-corrected chi connectivity index (χ0v) is 11.1. The Kier molecular flexibility index (Phi) is 4.14. The molecule has 0 saturated heterocycles. The lowest BCUT2D eigenvalue weighted by Crippen LogP contribution is -2.37. The minimum atomic E-state index is -0.612. The second-order valence-electron chi connectivity index (χ2n) is 4.88. The number of nitrogens with zero attached hydrogens (tertiary/aromatic N) is 2. The topological polar surface area (TPSA) is 38.0 Å². The molecule has 3 nitrogen and oxygen atoms in total. The van der Waals surface area contributed by atoms with Gasteiger partial charge >= 0.3 is 0 Å². The number of aromatic nitrogens is 2. The maximum absolute atomic E-state index is 10.5. The van der Waals surface area contributed by atoms with Crippen LogP contribution in [-0.4, -0.2) is 20.5 Å². The maximum atomic E-state index is 10.5. The number of rotatable bonds is 5. The number of hydrogen-bond donors (Lipinski definition) is 1. The van der Waals surface area contributed by atoms with Crippen LogP contribution in [0.1, 0.15) is 45.5 Å². The van der Waals surface area contributed by atoms with Gasteiger partial charge in [-0.25, -0.2) is 0 Å². The molecule has 0 aliphatic carbocycles. The number of hydrogen-bond acceptors (Lipinski definition) is 2. The average molecular weight is 224 g/mol. The lowest BCUT2D eigenvalue weighted by Gasteiger charge is -2.31. The lowest BCUT2D eigenvalue weighted by molar-refractivity contribution is -0.00996. The predicted molar refractivity (Wildman–Crippen MR) is 66.4 cm³/mol. The highest BCUT2D eigenvalue weighted by atomic mass is 16.3. The van der Waals surface area contributed by atoms with Gasteiger partial charge in [-0.2, -0.15) is 5.10 Å². The smallest absolute Gasteiger partial charge is 0.0723 e. The van der Waals surface area contributed by atoms with Crippen molar-refractivity contribution in [2.45, 2.75) is 59.6 Å². The summed E-state index contributed by atoms with van der Waals surface area (Å²) in [6, 6.07) is 2.08. The molecule has 0 aliphatic rings. The molecule has 1 heterocycles. The summed E-state index contributed by atoms with van der Waals surface area (Å²) in [7, 11) is 0. The number of aliphatic hydroxyl groups is 1. The molecule has 1 aromatic heterocycles. The second-order valence-corrected chi connectivity index (χ2v) is 4.88. The van der Waals surface area contributed by atoms with E-state index in [1.54, 1.807) is 0 Å². The normalized spacial score (nSPS) is 15.4. The molecule has 1 unspecified atom stereocenters. The van der Waals surface area contributed by atoms with Crippen molar-refractivity contribution in [3.05, 3.63) is 17.5 Å². The van der Waals surface area contributed by atoms with Gasteiger partial charge in [0.2, 0.25) is 0 Å². The van der Waals surface area contributed by atoms with E-state index in [9.17, 15) is 5.11 Å². The van der Waals surface area contributed by atoms with E-state index in [0.29, 0.717) is 6.42 Å². The molecule has 0 aromatic carbocycles. The van der Waals surface area contributed by atoms with Crippen molar-refractivity contribution in [1.82, 2.24) is 9.78 Å². The third-order valence-corrected chi connectivity index (χ3v) is 3.46. The highest BCUT2D eigenvalue weighted by molar-refractivity contribution is 5.12. The summed E-state index contributed by atoms with van der Waals surface area (Å²) >= 11 is 0. The van der Waals surface area contributed by atoms with Crippen LogP contribution in [-0.2, 0) is 13.0 Å². The van der Waals surface area contributed by atoms with Gasteiger partial charge in [0.25, 0.3) is 0 Å². The Bertz CT molecular complexity index is 344. The summed E-state index contributed by atoms with van der Waals surface area (Å²) in [4.78, 5) is 0. The Labute approximate surface area is 98.5 Å². The highest BCUT2D eigenvalue weighted by Gasteiger charge is 2.30. The lowest BCUT2D eigenvalue weighted by atomic mass is 9.83. The summed E-state index contributed by atoms with van der Waals surface area (Å²) in [6.07, 6.45) is 1.47. The third kappa shape index (κ3) is 2.64. The van der Waals surface area contributed by atoms with Gasteiger partial charge in [0.1, 0.15) is 0 Å². The Hall–Kier alpha value is -0.830. The van der Waals surface area contributed by atoms with Gasteiger partial charge in [-0.15, -0.1) is 0 Å². The molecular formula is C13H24N2O. The van der Waals surface area contributed by atoms with Crippen molar-refractivity contribution < 1.29 is 5.11 Å². The largest absolute Gasteiger partial charge is 0.389 e. The summed E-state index contributed by atoms with van der Waals surface area (Å²) < 4.78 is 1.98. The van der Waals surface area contributed by atoms with E-state index in [1.165, 1.54) is 0 Å². The van der Waals surface area contributed by atoms with Gasteiger partial charge in [0, 0.05) is 18.7 Å². The van der Waals surface area contributed by atoms with Gasteiger partial charge in [0.15, 0.2) is 0 Å². The Morgan fingerprint density at radius 1 is 1.44 bits per heavy atom. The molecule has 92 valence electrons. The highest BCUT2D eigenvalue weighted by Crippen LogP contribution is 2.26. The van der Waals surface area contributed by atoms with Crippen LogP contribution in [0.5, 0.6) is 0 Å². The Balaban J connectivity index is 2.93. The molecule has 0 aliphatic heterocycles. The Morgan fingerprint density at radius 3 is 2.50 bits per heavy atom. The standard InChI is InChI=1S/C13H24N2O/c1-6-13(16,10(3)4)9-12-8-11(5)14-15(12)7-2/h8,10,16H,6-7,9H2,1-5H3. The van der Waals surface area contributed by atoms with E-state index < -0.39 is 5.60 Å². The van der Waals surface area contributed by atoms with E-state index in [-0.39, 0.29) is 5.92 Å². The van der Waals surface area contributed by atoms with Crippen LogP contribution in [0.25, 0.3) is 0 Å². The zero-order chi connectivity index (χ0) is 12.3. The Morgan fingerprint density at radius 2 is 2.06 bits per heavy atom. The molecule has 1 atom stereocenters. The van der Waals surface area contributed by atoms with Crippen LogP contribution >= 0.6 is 0 Å². The monoisotopic (exact) mass is 224 g/mol. The van der Waals surface area contributed by atoms with Crippen molar-refractivity contribution in [1.29, 1.82) is 0 Å². The van der Waals surface area contributed by atoms with Gasteiger partial charge in [-0.05, 0) is 32.3 Å². The minimum Gasteiger partial charge on any atom is -0.389 e. The van der Waals surface area contributed by atoms with Crippen molar-refractivity contribution in [3.63, 3.8) is 0 Å². The van der Waals surface area contributed by atoms with E-state index >= 15 is 0 Å². The summed E-state index contributed by atoms with van der Waals surface area (Å²) in [6.45, 7) is 11.1. The summed E-state index contributed by atoms with van der Waals surface area (Å²) in [5.74, 6) is 0.262. The maximum Gasteiger partial charge on any atom is 0.0723 e. The second kappa shape index (κ2) is 5.00. The van der Waals surface area contributed by atoms with Crippen LogP contribution in [0.2, 0.25) is 0 Å². The third-order valence-electron chi connectivity index (χ3n) is 3.46. The summed E-state index contributed by atoms with van der Waals surface area (Å²) in [5.41, 5.74) is 1.55. The molecule has 0 saturated carbocycles. The van der Waals surface area contributed by atoms with Gasteiger partial charge < -0.3 is 5.11 Å². The quantitative estimate of drug-likeness (QED) is 0.834. The van der Waals surface area contributed by atoms with Gasteiger partial charge in [-0.3, -0.25) is 4.68 Å². The van der Waals surface area contributed by atoms with E-state index in [0.717, 1.165) is 24.4 Å². The van der Waals surface area contributed by atoms with Crippen LogP contribution < -0.4 is 0 Å². The summed E-state index contributed by atoms with van der Waals surface area (Å²) in [5, 5.41) is 15.0. The first-order valence-corrected chi connectivity index (χ1v) is 6.18. The molecule has 0 radical (unpaired) electrons. The average Bonchev–Trinajstić information content (AvgIpc) is 2.58. The van der Waals surface area contributed by atoms with E-state index in [1.807, 2.05) is 18.5 Å². The van der Waals surface area contributed by atoms with Crippen LogP contribution in [0.3, 0.4) is 0 Å². The van der Waals surface area contributed by atoms with Gasteiger partial charge in [0.05, 0.1) is 11.3 Å². The molecule has 3 heteroatoms. The van der Waals surface area contributed by atoms with E-state index in [2.05, 4.69) is 31.9 Å². The molecule has 0 fully saturated rings. The fourth-order valence-corrected chi connectivity index (χ4v) is 2.07. The van der Waals surface area contributed by atoms with Crippen LogP contribution in [0.4, 0.5) is 0 Å².